The lowest BCUT2D eigenvalue weighted by atomic mass is 9.84. The van der Waals surface area contributed by atoms with Gasteiger partial charge in [-0.15, -0.1) is 0 Å². The molecule has 0 amide bonds. The molecule has 0 radical (unpaired) electrons. The number of pyridine rings is 1. The first-order chi connectivity index (χ1) is 9.20. The number of rotatable bonds is 1. The van der Waals surface area contributed by atoms with Gasteiger partial charge in [-0.1, -0.05) is 38.5 Å². The van der Waals surface area contributed by atoms with E-state index >= 15 is 0 Å². The van der Waals surface area contributed by atoms with Crippen LogP contribution in [0.5, 0.6) is 0 Å². The fourth-order valence-corrected chi connectivity index (χ4v) is 2.90. The second-order valence-corrected chi connectivity index (χ2v) is 6.93. The molecular formula is C19H26N+. The molecule has 0 saturated heterocycles. The van der Waals surface area contributed by atoms with E-state index in [-0.39, 0.29) is 5.41 Å². The van der Waals surface area contributed by atoms with Crippen molar-refractivity contribution < 1.29 is 4.57 Å². The molecule has 1 heterocycles. The van der Waals surface area contributed by atoms with E-state index in [2.05, 4.69) is 83.6 Å². The molecular weight excluding hydrogens is 242 g/mol. The van der Waals surface area contributed by atoms with Gasteiger partial charge in [0, 0.05) is 17.2 Å². The Hall–Kier alpha value is -1.63. The Morgan fingerprint density at radius 2 is 1.55 bits per heavy atom. The van der Waals surface area contributed by atoms with Gasteiger partial charge in [0.2, 0.25) is 5.69 Å². The van der Waals surface area contributed by atoms with Crippen molar-refractivity contribution in [3.8, 4) is 11.3 Å². The molecule has 1 heteroatoms. The highest BCUT2D eigenvalue weighted by atomic mass is 14.9. The Labute approximate surface area is 123 Å². The highest BCUT2D eigenvalue weighted by Crippen LogP contribution is 2.28. The van der Waals surface area contributed by atoms with Gasteiger partial charge in [-0.05, 0) is 43.4 Å². The summed E-state index contributed by atoms with van der Waals surface area (Å²) >= 11 is 0. The first-order valence-corrected chi connectivity index (χ1v) is 7.28. The van der Waals surface area contributed by atoms with Gasteiger partial charge in [0.15, 0.2) is 6.20 Å². The molecule has 20 heavy (non-hydrogen) atoms. The van der Waals surface area contributed by atoms with Crippen LogP contribution < -0.4 is 4.57 Å². The van der Waals surface area contributed by atoms with Gasteiger partial charge in [-0.3, -0.25) is 0 Å². The Kier molecular flexibility index (Phi) is 3.73. The average Bonchev–Trinajstić information content (AvgIpc) is 2.31. The third-order valence-corrected chi connectivity index (χ3v) is 3.95. The van der Waals surface area contributed by atoms with E-state index in [0.29, 0.717) is 0 Å². The summed E-state index contributed by atoms with van der Waals surface area (Å²) in [6.45, 7) is 13.4. The van der Waals surface area contributed by atoms with E-state index in [9.17, 15) is 0 Å². The summed E-state index contributed by atoms with van der Waals surface area (Å²) in [4.78, 5) is 0. The summed E-state index contributed by atoms with van der Waals surface area (Å²) in [6.07, 6.45) is 2.28. The fraction of sp³-hybridized carbons (Fsp3) is 0.421. The van der Waals surface area contributed by atoms with Gasteiger partial charge >= 0.3 is 0 Å². The predicted molar refractivity (Wildman–Crippen MR) is 86.0 cm³/mol. The highest BCUT2D eigenvalue weighted by molar-refractivity contribution is 5.62. The van der Waals surface area contributed by atoms with Crippen molar-refractivity contribution in [1.82, 2.24) is 0 Å². The molecule has 1 aromatic carbocycles. The maximum absolute atomic E-state index is 2.32. The van der Waals surface area contributed by atoms with Crippen LogP contribution in [0.2, 0.25) is 0 Å². The second-order valence-electron chi connectivity index (χ2n) is 6.93. The van der Waals surface area contributed by atoms with Crippen molar-refractivity contribution in [2.75, 3.05) is 0 Å². The third-order valence-electron chi connectivity index (χ3n) is 3.95. The van der Waals surface area contributed by atoms with E-state index in [1.165, 1.54) is 33.5 Å². The van der Waals surface area contributed by atoms with Crippen LogP contribution in [0.1, 0.15) is 43.0 Å². The maximum atomic E-state index is 2.32. The molecule has 0 aliphatic carbocycles. The molecule has 0 unspecified atom stereocenters. The molecule has 0 aliphatic rings. The van der Waals surface area contributed by atoms with Crippen LogP contribution in [-0.4, -0.2) is 0 Å². The minimum atomic E-state index is 0.183. The summed E-state index contributed by atoms with van der Waals surface area (Å²) in [5.74, 6) is 0. The van der Waals surface area contributed by atoms with Crippen LogP contribution in [0, 0.1) is 20.8 Å². The molecule has 1 aromatic heterocycles. The third kappa shape index (κ3) is 2.77. The molecule has 2 aromatic rings. The first kappa shape index (κ1) is 14.8. The lowest BCUT2D eigenvalue weighted by molar-refractivity contribution is -0.661. The van der Waals surface area contributed by atoms with Gasteiger partial charge < -0.3 is 0 Å². The zero-order chi connectivity index (χ0) is 15.1. The summed E-state index contributed by atoms with van der Waals surface area (Å²) < 4.78 is 2.26. The molecule has 1 nitrogen and oxygen atoms in total. The number of hydrogen-bond acceptors (Lipinski definition) is 0. The molecule has 106 valence electrons. The van der Waals surface area contributed by atoms with E-state index in [0.717, 1.165) is 0 Å². The van der Waals surface area contributed by atoms with Crippen molar-refractivity contribution in [3.05, 3.63) is 52.7 Å². The SMILES string of the molecule is Cc1ccc(-c2cc(C)c(C(C)(C)C)c[n+]2C)c(C)c1. The van der Waals surface area contributed by atoms with Crippen molar-refractivity contribution >= 4 is 0 Å². The van der Waals surface area contributed by atoms with Crippen LogP contribution >= 0.6 is 0 Å². The van der Waals surface area contributed by atoms with Crippen LogP contribution in [0.25, 0.3) is 11.3 Å². The molecule has 0 spiro atoms. The number of aryl methyl sites for hydroxylation is 4. The molecule has 0 fully saturated rings. The second kappa shape index (κ2) is 5.05. The Bertz CT molecular complexity index is 646. The number of aromatic nitrogens is 1. The lowest BCUT2D eigenvalue weighted by Gasteiger charge is -2.20. The zero-order valence-corrected chi connectivity index (χ0v) is 13.8. The van der Waals surface area contributed by atoms with Crippen LogP contribution in [0.15, 0.2) is 30.5 Å². The van der Waals surface area contributed by atoms with Gasteiger partial charge in [-0.25, -0.2) is 4.57 Å². The summed E-state index contributed by atoms with van der Waals surface area (Å²) in [5.41, 5.74) is 8.22. The maximum Gasteiger partial charge on any atom is 0.212 e. The minimum absolute atomic E-state index is 0.183. The summed E-state index contributed by atoms with van der Waals surface area (Å²) in [6, 6.07) is 8.99. The van der Waals surface area contributed by atoms with Crippen molar-refractivity contribution in [2.45, 2.75) is 47.0 Å². The standard InChI is InChI=1S/C19H26N/c1-13-8-9-16(14(2)10-13)18-11-15(3)17(12-20(18)7)19(4,5)6/h8-12H,1-7H3/q+1. The number of benzene rings is 1. The molecule has 0 aliphatic heterocycles. The summed E-state index contributed by atoms with van der Waals surface area (Å²) in [7, 11) is 2.14. The first-order valence-electron chi connectivity index (χ1n) is 7.28. The molecule has 0 bridgehead atoms. The fourth-order valence-electron chi connectivity index (χ4n) is 2.90. The quantitative estimate of drug-likeness (QED) is 0.675. The van der Waals surface area contributed by atoms with Crippen LogP contribution in [0.4, 0.5) is 0 Å². The number of hydrogen-bond donors (Lipinski definition) is 0. The zero-order valence-electron chi connectivity index (χ0n) is 13.8. The van der Waals surface area contributed by atoms with Crippen molar-refractivity contribution in [1.29, 1.82) is 0 Å². The Balaban J connectivity index is 2.62. The molecule has 0 atom stereocenters. The Morgan fingerprint density at radius 3 is 2.10 bits per heavy atom. The monoisotopic (exact) mass is 268 g/mol. The van der Waals surface area contributed by atoms with Gasteiger partial charge in [0.25, 0.3) is 0 Å². The topological polar surface area (TPSA) is 3.88 Å². The number of nitrogens with zero attached hydrogens (tertiary/aromatic N) is 1. The van der Waals surface area contributed by atoms with Crippen molar-refractivity contribution in [2.24, 2.45) is 7.05 Å². The normalized spacial score (nSPS) is 11.8. The average molecular weight is 268 g/mol. The summed E-state index contributed by atoms with van der Waals surface area (Å²) in [5, 5.41) is 0. The molecule has 2 rings (SSSR count). The van der Waals surface area contributed by atoms with E-state index in [4.69, 9.17) is 0 Å². The predicted octanol–water partition coefficient (Wildman–Crippen LogP) is 4.40. The minimum Gasteiger partial charge on any atom is -0.201 e. The lowest BCUT2D eigenvalue weighted by Crippen LogP contribution is -2.34. The van der Waals surface area contributed by atoms with Crippen molar-refractivity contribution in [3.63, 3.8) is 0 Å². The van der Waals surface area contributed by atoms with Crippen LogP contribution in [0.3, 0.4) is 0 Å². The Morgan fingerprint density at radius 1 is 0.900 bits per heavy atom. The van der Waals surface area contributed by atoms with Gasteiger partial charge in [-0.2, -0.15) is 0 Å². The van der Waals surface area contributed by atoms with Gasteiger partial charge in [0.1, 0.15) is 7.05 Å². The van der Waals surface area contributed by atoms with Gasteiger partial charge in [0.05, 0.1) is 0 Å². The van der Waals surface area contributed by atoms with E-state index in [1.807, 2.05) is 0 Å². The molecule has 0 N–H and O–H groups in total. The smallest absolute Gasteiger partial charge is 0.201 e. The molecule has 0 saturated carbocycles. The van der Waals surface area contributed by atoms with E-state index < -0.39 is 0 Å². The van der Waals surface area contributed by atoms with Crippen LogP contribution in [-0.2, 0) is 12.5 Å². The largest absolute Gasteiger partial charge is 0.212 e. The highest BCUT2D eigenvalue weighted by Gasteiger charge is 2.22. The van der Waals surface area contributed by atoms with E-state index in [1.54, 1.807) is 0 Å².